The summed E-state index contributed by atoms with van der Waals surface area (Å²) in [6.07, 6.45) is 2.03. The van der Waals surface area contributed by atoms with Crippen LogP contribution in [0.5, 0.6) is 11.5 Å². The number of anilines is 1. The van der Waals surface area contributed by atoms with Gasteiger partial charge in [0.05, 0.1) is 5.69 Å². The summed E-state index contributed by atoms with van der Waals surface area (Å²) in [7, 11) is 0. The topological polar surface area (TPSA) is 35.2 Å². The zero-order chi connectivity index (χ0) is 12.3. The molecular formula is C13H12ClNOS. The van der Waals surface area contributed by atoms with E-state index in [0.29, 0.717) is 16.5 Å². The maximum atomic E-state index is 5.82. The first-order valence-corrected chi connectivity index (χ1v) is 6.66. The molecule has 0 spiro atoms. The van der Waals surface area contributed by atoms with Crippen molar-refractivity contribution < 1.29 is 4.74 Å². The Morgan fingerprint density at radius 3 is 2.41 bits per heavy atom. The normalized spacial score (nSPS) is 10.2. The van der Waals surface area contributed by atoms with Gasteiger partial charge >= 0.3 is 0 Å². The van der Waals surface area contributed by atoms with E-state index in [0.717, 1.165) is 5.75 Å². The molecule has 0 bridgehead atoms. The molecule has 88 valence electrons. The van der Waals surface area contributed by atoms with Gasteiger partial charge in [-0.3, -0.25) is 0 Å². The van der Waals surface area contributed by atoms with Gasteiger partial charge in [0.2, 0.25) is 0 Å². The molecule has 0 amide bonds. The van der Waals surface area contributed by atoms with Crippen molar-refractivity contribution in [1.82, 2.24) is 0 Å². The van der Waals surface area contributed by atoms with Crippen LogP contribution in [0.4, 0.5) is 5.69 Å². The Morgan fingerprint density at radius 1 is 1.12 bits per heavy atom. The number of nitrogens with two attached hydrogens (primary N) is 1. The van der Waals surface area contributed by atoms with Gasteiger partial charge in [-0.05, 0) is 48.7 Å². The molecule has 2 aromatic rings. The number of benzene rings is 2. The molecule has 17 heavy (non-hydrogen) atoms. The Balaban J connectivity index is 2.19. The maximum Gasteiger partial charge on any atom is 0.150 e. The summed E-state index contributed by atoms with van der Waals surface area (Å²) in [5.41, 5.74) is 6.35. The molecule has 2 aromatic carbocycles. The highest BCUT2D eigenvalue weighted by molar-refractivity contribution is 7.98. The first-order chi connectivity index (χ1) is 8.19. The van der Waals surface area contributed by atoms with Crippen molar-refractivity contribution in [2.75, 3.05) is 12.0 Å². The van der Waals surface area contributed by atoms with E-state index in [1.54, 1.807) is 30.0 Å². The number of hydrogen-bond donors (Lipinski definition) is 1. The molecule has 0 aliphatic heterocycles. The quantitative estimate of drug-likeness (QED) is 0.658. The fraction of sp³-hybridized carbons (Fsp3) is 0.0769. The minimum Gasteiger partial charge on any atom is -0.455 e. The number of halogens is 1. The van der Waals surface area contributed by atoms with Crippen molar-refractivity contribution in [1.29, 1.82) is 0 Å². The lowest BCUT2D eigenvalue weighted by molar-refractivity contribution is 0.484. The Bertz CT molecular complexity index is 513. The monoisotopic (exact) mass is 265 g/mol. The van der Waals surface area contributed by atoms with Gasteiger partial charge in [-0.25, -0.2) is 0 Å². The Morgan fingerprint density at radius 2 is 1.82 bits per heavy atom. The van der Waals surface area contributed by atoms with Crippen LogP contribution in [0.25, 0.3) is 0 Å². The van der Waals surface area contributed by atoms with Crippen molar-refractivity contribution >= 4 is 29.1 Å². The number of thioether (sulfide) groups is 1. The molecule has 0 atom stereocenters. The highest BCUT2D eigenvalue weighted by atomic mass is 35.5. The predicted octanol–water partition coefficient (Wildman–Crippen LogP) is 4.44. The lowest BCUT2D eigenvalue weighted by Crippen LogP contribution is -1.91. The SMILES string of the molecule is CSc1ccc(Oc2ccc(Cl)cc2N)cc1. The first kappa shape index (κ1) is 12.1. The molecule has 4 heteroatoms. The zero-order valence-electron chi connectivity index (χ0n) is 9.31. The highest BCUT2D eigenvalue weighted by Gasteiger charge is 2.02. The minimum absolute atomic E-state index is 0.534. The van der Waals surface area contributed by atoms with Crippen molar-refractivity contribution in [2.45, 2.75) is 4.90 Å². The first-order valence-electron chi connectivity index (χ1n) is 5.06. The van der Waals surface area contributed by atoms with Crippen LogP contribution in [-0.2, 0) is 0 Å². The second-order valence-electron chi connectivity index (χ2n) is 3.46. The third kappa shape index (κ3) is 3.08. The van der Waals surface area contributed by atoms with Gasteiger partial charge in [0.15, 0.2) is 0 Å². The van der Waals surface area contributed by atoms with Crippen LogP contribution in [0.1, 0.15) is 0 Å². The Hall–Kier alpha value is -1.32. The van der Waals surface area contributed by atoms with E-state index in [2.05, 4.69) is 0 Å². The van der Waals surface area contributed by atoms with Crippen LogP contribution in [0.2, 0.25) is 5.02 Å². The average molecular weight is 266 g/mol. The predicted molar refractivity (Wildman–Crippen MR) is 74.2 cm³/mol. The van der Waals surface area contributed by atoms with E-state index in [1.807, 2.05) is 30.5 Å². The second kappa shape index (κ2) is 5.34. The van der Waals surface area contributed by atoms with Gasteiger partial charge in [0.25, 0.3) is 0 Å². The second-order valence-corrected chi connectivity index (χ2v) is 4.78. The van der Waals surface area contributed by atoms with Crippen LogP contribution in [0, 0.1) is 0 Å². The van der Waals surface area contributed by atoms with E-state index >= 15 is 0 Å². The molecular weight excluding hydrogens is 254 g/mol. The lowest BCUT2D eigenvalue weighted by Gasteiger charge is -2.08. The number of rotatable bonds is 3. The molecule has 0 heterocycles. The van der Waals surface area contributed by atoms with E-state index in [-0.39, 0.29) is 0 Å². The van der Waals surface area contributed by atoms with Crippen molar-refractivity contribution in [3.63, 3.8) is 0 Å². The molecule has 0 radical (unpaired) electrons. The Labute approximate surface area is 110 Å². The highest BCUT2D eigenvalue weighted by Crippen LogP contribution is 2.30. The van der Waals surface area contributed by atoms with E-state index in [4.69, 9.17) is 22.1 Å². The molecule has 0 fully saturated rings. The molecule has 0 aliphatic carbocycles. The summed E-state index contributed by atoms with van der Waals surface area (Å²) >= 11 is 7.51. The van der Waals surface area contributed by atoms with Crippen molar-refractivity contribution in [2.24, 2.45) is 0 Å². The van der Waals surface area contributed by atoms with Gasteiger partial charge in [-0.15, -0.1) is 11.8 Å². The maximum absolute atomic E-state index is 5.82. The van der Waals surface area contributed by atoms with Crippen LogP contribution in [0.3, 0.4) is 0 Å². The fourth-order valence-corrected chi connectivity index (χ4v) is 1.97. The summed E-state index contributed by atoms with van der Waals surface area (Å²) in [5, 5.41) is 0.604. The molecule has 2 N–H and O–H groups in total. The van der Waals surface area contributed by atoms with Crippen molar-refractivity contribution in [3.05, 3.63) is 47.5 Å². The van der Waals surface area contributed by atoms with Gasteiger partial charge in [-0.2, -0.15) is 0 Å². The summed E-state index contributed by atoms with van der Waals surface area (Å²) in [6.45, 7) is 0. The van der Waals surface area contributed by atoms with Gasteiger partial charge in [0.1, 0.15) is 11.5 Å². The largest absolute Gasteiger partial charge is 0.455 e. The molecule has 0 aliphatic rings. The summed E-state index contributed by atoms with van der Waals surface area (Å²) in [6, 6.07) is 13.0. The third-order valence-corrected chi connectivity index (χ3v) is 3.24. The zero-order valence-corrected chi connectivity index (χ0v) is 10.9. The fourth-order valence-electron chi connectivity index (χ4n) is 1.38. The van der Waals surface area contributed by atoms with Crippen LogP contribution >= 0.6 is 23.4 Å². The Kier molecular flexibility index (Phi) is 3.82. The molecule has 0 saturated heterocycles. The van der Waals surface area contributed by atoms with Gasteiger partial charge in [0, 0.05) is 9.92 Å². The van der Waals surface area contributed by atoms with Crippen LogP contribution in [-0.4, -0.2) is 6.26 Å². The van der Waals surface area contributed by atoms with Gasteiger partial charge in [-0.1, -0.05) is 11.6 Å². The lowest BCUT2D eigenvalue weighted by atomic mass is 10.3. The molecule has 2 rings (SSSR count). The molecule has 0 aromatic heterocycles. The van der Waals surface area contributed by atoms with Crippen molar-refractivity contribution in [3.8, 4) is 11.5 Å². The van der Waals surface area contributed by atoms with Crippen LogP contribution in [0.15, 0.2) is 47.4 Å². The summed E-state index contributed by atoms with van der Waals surface area (Å²) in [5.74, 6) is 1.38. The number of hydrogen-bond acceptors (Lipinski definition) is 3. The molecule has 2 nitrogen and oxygen atoms in total. The van der Waals surface area contributed by atoms with E-state index in [9.17, 15) is 0 Å². The molecule has 0 saturated carbocycles. The summed E-state index contributed by atoms with van der Waals surface area (Å²) in [4.78, 5) is 1.20. The number of nitrogen functional groups attached to an aromatic ring is 1. The smallest absolute Gasteiger partial charge is 0.150 e. The summed E-state index contributed by atoms with van der Waals surface area (Å²) < 4.78 is 5.67. The van der Waals surface area contributed by atoms with E-state index in [1.165, 1.54) is 4.90 Å². The average Bonchev–Trinajstić information content (AvgIpc) is 2.34. The van der Waals surface area contributed by atoms with E-state index < -0.39 is 0 Å². The number of ether oxygens (including phenoxy) is 1. The molecule has 0 unspecified atom stereocenters. The third-order valence-electron chi connectivity index (χ3n) is 2.26. The standard InChI is InChI=1S/C13H12ClNOS/c1-17-11-5-3-10(4-6-11)16-13-7-2-9(14)8-12(13)15/h2-8H,15H2,1H3. The minimum atomic E-state index is 0.534. The van der Waals surface area contributed by atoms with Gasteiger partial charge < -0.3 is 10.5 Å². The van der Waals surface area contributed by atoms with Crippen LogP contribution < -0.4 is 10.5 Å².